The minimum absolute atomic E-state index is 0.369. The van der Waals surface area contributed by atoms with Crippen LogP contribution in [0.25, 0.3) is 0 Å². The van der Waals surface area contributed by atoms with Gasteiger partial charge in [-0.15, -0.1) is 0 Å². The molecule has 15 heavy (non-hydrogen) atoms. The van der Waals surface area contributed by atoms with Gasteiger partial charge in [0, 0.05) is 6.54 Å². The minimum atomic E-state index is -0.828. The Balaban J connectivity index is 2.65. The maximum Gasteiger partial charge on any atom is 0.0949 e. The molecule has 1 rings (SSSR count). The quantitative estimate of drug-likeness (QED) is 0.792. The van der Waals surface area contributed by atoms with Crippen molar-refractivity contribution in [3.63, 3.8) is 0 Å². The molecule has 0 aromatic rings. The van der Waals surface area contributed by atoms with E-state index in [1.807, 2.05) is 6.92 Å². The van der Waals surface area contributed by atoms with Gasteiger partial charge in [0.25, 0.3) is 0 Å². The van der Waals surface area contributed by atoms with Crippen LogP contribution < -0.4 is 4.72 Å². The molecule has 0 spiro atoms. The Morgan fingerprint density at radius 1 is 1.40 bits per heavy atom. The van der Waals surface area contributed by atoms with E-state index in [0.29, 0.717) is 17.1 Å². The normalized spacial score (nSPS) is 34.3. The van der Waals surface area contributed by atoms with Gasteiger partial charge in [-0.2, -0.15) is 0 Å². The lowest BCUT2D eigenvalue weighted by Crippen LogP contribution is -2.40. The molecule has 0 amide bonds. The topological polar surface area (TPSA) is 29.1 Å². The van der Waals surface area contributed by atoms with Gasteiger partial charge in [0.2, 0.25) is 0 Å². The van der Waals surface area contributed by atoms with E-state index in [1.54, 1.807) is 0 Å². The summed E-state index contributed by atoms with van der Waals surface area (Å²) in [5.41, 5.74) is 0. The summed E-state index contributed by atoms with van der Waals surface area (Å²) in [5, 5.41) is 0.369. The van der Waals surface area contributed by atoms with Gasteiger partial charge in [-0.1, -0.05) is 34.1 Å². The van der Waals surface area contributed by atoms with Gasteiger partial charge in [0.05, 0.1) is 16.2 Å². The Morgan fingerprint density at radius 3 is 2.60 bits per heavy atom. The Morgan fingerprint density at radius 2 is 2.07 bits per heavy atom. The molecular weight excluding hydrogens is 206 g/mol. The fourth-order valence-corrected chi connectivity index (χ4v) is 4.38. The van der Waals surface area contributed by atoms with Gasteiger partial charge >= 0.3 is 0 Å². The van der Waals surface area contributed by atoms with Crippen LogP contribution >= 0.6 is 0 Å². The molecule has 1 fully saturated rings. The van der Waals surface area contributed by atoms with E-state index >= 15 is 0 Å². The molecule has 4 unspecified atom stereocenters. The minimum Gasteiger partial charge on any atom is -0.243 e. The van der Waals surface area contributed by atoms with Gasteiger partial charge in [0.15, 0.2) is 0 Å². The first kappa shape index (κ1) is 13.2. The van der Waals surface area contributed by atoms with Crippen molar-refractivity contribution in [1.82, 2.24) is 4.72 Å². The standard InChI is InChI=1S/C12H25NOS/c1-5-13-15(14)12-8-10(4)6-7-11(12)9(2)3/h9-13H,5-8H2,1-4H3. The van der Waals surface area contributed by atoms with Gasteiger partial charge in [-0.25, -0.2) is 8.93 Å². The first-order valence-electron chi connectivity index (χ1n) is 6.20. The van der Waals surface area contributed by atoms with Gasteiger partial charge in [-0.05, 0) is 30.6 Å². The number of nitrogens with one attached hydrogen (secondary N) is 1. The van der Waals surface area contributed by atoms with Crippen molar-refractivity contribution in [3.8, 4) is 0 Å². The van der Waals surface area contributed by atoms with E-state index < -0.39 is 11.0 Å². The van der Waals surface area contributed by atoms with E-state index in [1.165, 1.54) is 12.8 Å². The average molecular weight is 231 g/mol. The number of rotatable bonds is 4. The zero-order valence-corrected chi connectivity index (χ0v) is 11.3. The van der Waals surface area contributed by atoms with Crippen molar-refractivity contribution in [3.05, 3.63) is 0 Å². The van der Waals surface area contributed by atoms with Crippen molar-refractivity contribution >= 4 is 11.0 Å². The highest BCUT2D eigenvalue weighted by Crippen LogP contribution is 2.35. The first-order chi connectivity index (χ1) is 7.06. The third-order valence-corrected chi connectivity index (χ3v) is 5.19. The lowest BCUT2D eigenvalue weighted by atomic mass is 9.77. The van der Waals surface area contributed by atoms with Crippen molar-refractivity contribution < 1.29 is 4.21 Å². The maximum absolute atomic E-state index is 12.1. The highest BCUT2D eigenvalue weighted by Gasteiger charge is 2.34. The Labute approximate surface area is 96.8 Å². The molecule has 1 aliphatic rings. The molecule has 0 aliphatic heterocycles. The van der Waals surface area contributed by atoms with E-state index in [2.05, 4.69) is 25.5 Å². The molecule has 0 bridgehead atoms. The molecule has 90 valence electrons. The highest BCUT2D eigenvalue weighted by atomic mass is 32.2. The summed E-state index contributed by atoms with van der Waals surface area (Å²) in [5.74, 6) is 2.04. The fraction of sp³-hybridized carbons (Fsp3) is 1.00. The fourth-order valence-electron chi connectivity index (χ4n) is 2.61. The van der Waals surface area contributed by atoms with Gasteiger partial charge in [-0.3, -0.25) is 0 Å². The molecule has 0 heterocycles. The number of hydrogen-bond donors (Lipinski definition) is 1. The zero-order chi connectivity index (χ0) is 11.4. The van der Waals surface area contributed by atoms with Crippen LogP contribution in [0.5, 0.6) is 0 Å². The molecule has 1 saturated carbocycles. The molecule has 1 aliphatic carbocycles. The maximum atomic E-state index is 12.1. The van der Waals surface area contributed by atoms with E-state index in [-0.39, 0.29) is 0 Å². The Hall–Kier alpha value is 0.110. The summed E-state index contributed by atoms with van der Waals surface area (Å²) in [4.78, 5) is 0. The van der Waals surface area contributed by atoms with Crippen LogP contribution in [-0.4, -0.2) is 16.0 Å². The van der Waals surface area contributed by atoms with Crippen LogP contribution in [0.2, 0.25) is 0 Å². The van der Waals surface area contributed by atoms with Crippen LogP contribution in [0.4, 0.5) is 0 Å². The van der Waals surface area contributed by atoms with Crippen LogP contribution in [-0.2, 0) is 11.0 Å². The Bertz CT molecular complexity index is 218. The summed E-state index contributed by atoms with van der Waals surface area (Å²) < 4.78 is 15.2. The third kappa shape index (κ3) is 3.56. The predicted molar refractivity (Wildman–Crippen MR) is 67.0 cm³/mol. The summed E-state index contributed by atoms with van der Waals surface area (Å²) in [6.45, 7) is 9.64. The van der Waals surface area contributed by atoms with Crippen LogP contribution in [0.3, 0.4) is 0 Å². The second-order valence-electron chi connectivity index (χ2n) is 5.16. The zero-order valence-electron chi connectivity index (χ0n) is 10.5. The van der Waals surface area contributed by atoms with Crippen LogP contribution in [0.15, 0.2) is 0 Å². The average Bonchev–Trinajstić information content (AvgIpc) is 2.17. The van der Waals surface area contributed by atoms with E-state index in [0.717, 1.165) is 18.9 Å². The van der Waals surface area contributed by atoms with Gasteiger partial charge < -0.3 is 0 Å². The second-order valence-corrected chi connectivity index (χ2v) is 6.65. The molecule has 0 aromatic carbocycles. The molecule has 3 heteroatoms. The Kier molecular flexibility index (Phi) is 5.27. The van der Waals surface area contributed by atoms with E-state index in [4.69, 9.17) is 0 Å². The third-order valence-electron chi connectivity index (χ3n) is 3.52. The highest BCUT2D eigenvalue weighted by molar-refractivity contribution is 7.83. The molecule has 0 aromatic heterocycles. The lowest BCUT2D eigenvalue weighted by molar-refractivity contribution is 0.240. The molecule has 0 radical (unpaired) electrons. The molecular formula is C12H25NOS. The summed E-state index contributed by atoms with van der Waals surface area (Å²) in [6.07, 6.45) is 3.69. The molecule has 4 atom stereocenters. The van der Waals surface area contributed by atoms with Gasteiger partial charge in [0.1, 0.15) is 0 Å². The summed E-state index contributed by atoms with van der Waals surface area (Å²) in [6, 6.07) is 0. The molecule has 1 N–H and O–H groups in total. The predicted octanol–water partition coefficient (Wildman–Crippen LogP) is 2.72. The monoisotopic (exact) mass is 231 g/mol. The van der Waals surface area contributed by atoms with Crippen molar-refractivity contribution in [1.29, 1.82) is 0 Å². The summed E-state index contributed by atoms with van der Waals surface area (Å²) >= 11 is 0. The van der Waals surface area contributed by atoms with Crippen molar-refractivity contribution in [2.45, 2.75) is 52.2 Å². The first-order valence-corrected chi connectivity index (χ1v) is 7.41. The van der Waals surface area contributed by atoms with Crippen LogP contribution in [0, 0.1) is 17.8 Å². The van der Waals surface area contributed by atoms with Crippen LogP contribution in [0.1, 0.15) is 47.0 Å². The number of hydrogen-bond acceptors (Lipinski definition) is 1. The smallest absolute Gasteiger partial charge is 0.0949 e. The van der Waals surface area contributed by atoms with Crippen molar-refractivity contribution in [2.24, 2.45) is 17.8 Å². The van der Waals surface area contributed by atoms with Crippen molar-refractivity contribution in [2.75, 3.05) is 6.54 Å². The molecule has 0 saturated heterocycles. The second kappa shape index (κ2) is 6.00. The molecule has 2 nitrogen and oxygen atoms in total. The summed E-state index contributed by atoms with van der Waals surface area (Å²) in [7, 11) is -0.828. The largest absolute Gasteiger partial charge is 0.243 e. The van der Waals surface area contributed by atoms with E-state index in [9.17, 15) is 4.21 Å². The SMILES string of the molecule is CCNS(=O)C1CC(C)CCC1C(C)C. The lowest BCUT2D eigenvalue weighted by Gasteiger charge is -2.36.